The second-order valence-corrected chi connectivity index (χ2v) is 6.86. The molecule has 0 bridgehead atoms. The summed E-state index contributed by atoms with van der Waals surface area (Å²) in [6, 6.07) is 0. The van der Waals surface area contributed by atoms with Gasteiger partial charge < -0.3 is 0 Å². The molecule has 0 nitrogen and oxygen atoms in total. The van der Waals surface area contributed by atoms with Crippen molar-refractivity contribution in [1.29, 1.82) is 0 Å². The third-order valence-electron chi connectivity index (χ3n) is 5.53. The Labute approximate surface area is 83.1 Å². The number of hydrogen-bond donors (Lipinski definition) is 0. The van der Waals surface area contributed by atoms with E-state index in [2.05, 4.69) is 41.5 Å². The molecule has 3 atom stereocenters. The minimum atomic E-state index is 0.616. The Morgan fingerprint density at radius 2 is 1.54 bits per heavy atom. The van der Waals surface area contributed by atoms with E-state index in [4.69, 9.17) is 0 Å². The minimum absolute atomic E-state index is 0.616. The first kappa shape index (κ1) is 9.55. The third kappa shape index (κ3) is 0.980. The van der Waals surface area contributed by atoms with E-state index in [1.807, 2.05) is 0 Å². The van der Waals surface area contributed by atoms with Crippen molar-refractivity contribution in [1.82, 2.24) is 0 Å². The SMILES string of the molecule is CC(C)C1CC1(C)C1(C)CC1(C)C. The van der Waals surface area contributed by atoms with Crippen molar-refractivity contribution in [3.05, 3.63) is 0 Å². The Balaban J connectivity index is 2.13. The Hall–Kier alpha value is 0. The van der Waals surface area contributed by atoms with Crippen LogP contribution in [-0.2, 0) is 0 Å². The first-order valence-electron chi connectivity index (χ1n) is 5.75. The summed E-state index contributed by atoms with van der Waals surface area (Å²) in [5.74, 6) is 1.89. The second kappa shape index (κ2) is 2.15. The van der Waals surface area contributed by atoms with Gasteiger partial charge in [-0.2, -0.15) is 0 Å². The quantitative estimate of drug-likeness (QED) is 0.600. The van der Waals surface area contributed by atoms with Crippen LogP contribution >= 0.6 is 0 Å². The predicted octanol–water partition coefficient (Wildman–Crippen LogP) is 4.10. The van der Waals surface area contributed by atoms with Gasteiger partial charge >= 0.3 is 0 Å². The maximum absolute atomic E-state index is 2.52. The fraction of sp³-hybridized carbons (Fsp3) is 1.00. The van der Waals surface area contributed by atoms with E-state index in [0.717, 1.165) is 11.8 Å². The zero-order valence-electron chi connectivity index (χ0n) is 10.1. The molecule has 2 fully saturated rings. The molecule has 0 aromatic rings. The zero-order chi connectivity index (χ0) is 10.1. The van der Waals surface area contributed by atoms with Crippen LogP contribution in [0.5, 0.6) is 0 Å². The van der Waals surface area contributed by atoms with E-state index in [1.54, 1.807) is 0 Å². The Morgan fingerprint density at radius 1 is 1.08 bits per heavy atom. The van der Waals surface area contributed by atoms with Gasteiger partial charge in [0.15, 0.2) is 0 Å². The van der Waals surface area contributed by atoms with Gasteiger partial charge in [-0.05, 0) is 40.9 Å². The van der Waals surface area contributed by atoms with Crippen molar-refractivity contribution in [2.24, 2.45) is 28.1 Å². The first-order chi connectivity index (χ1) is 5.75. The zero-order valence-corrected chi connectivity index (χ0v) is 10.1. The van der Waals surface area contributed by atoms with Crippen LogP contribution in [0.1, 0.15) is 54.4 Å². The second-order valence-electron chi connectivity index (χ2n) is 6.86. The lowest BCUT2D eigenvalue weighted by molar-refractivity contribution is 0.225. The molecule has 0 radical (unpaired) electrons. The highest BCUT2D eigenvalue weighted by Crippen LogP contribution is 2.81. The summed E-state index contributed by atoms with van der Waals surface area (Å²) in [6.45, 7) is 14.7. The standard InChI is InChI=1S/C13H24/c1-9(2)10-7-12(10,5)13(6)8-11(13,3)4/h9-10H,7-8H2,1-6H3. The van der Waals surface area contributed by atoms with Crippen molar-refractivity contribution < 1.29 is 0 Å². The highest BCUT2D eigenvalue weighted by atomic mass is 14.8. The highest BCUT2D eigenvalue weighted by molar-refractivity contribution is 5.22. The Kier molecular flexibility index (Phi) is 1.58. The minimum Gasteiger partial charge on any atom is -0.0625 e. The molecule has 0 aromatic carbocycles. The van der Waals surface area contributed by atoms with Gasteiger partial charge in [0.2, 0.25) is 0 Å². The van der Waals surface area contributed by atoms with E-state index in [9.17, 15) is 0 Å². The molecule has 0 spiro atoms. The van der Waals surface area contributed by atoms with Crippen LogP contribution in [0, 0.1) is 28.1 Å². The fourth-order valence-electron chi connectivity index (χ4n) is 3.82. The molecule has 0 heterocycles. The molecule has 0 heteroatoms. The van der Waals surface area contributed by atoms with Crippen molar-refractivity contribution in [3.63, 3.8) is 0 Å². The molecule has 0 aromatic heterocycles. The number of rotatable bonds is 2. The lowest BCUT2D eigenvalue weighted by Gasteiger charge is -2.25. The maximum atomic E-state index is 2.52. The summed E-state index contributed by atoms with van der Waals surface area (Å²) in [5.41, 5.74) is 1.94. The molecule has 76 valence electrons. The van der Waals surface area contributed by atoms with Gasteiger partial charge in [0.05, 0.1) is 0 Å². The van der Waals surface area contributed by atoms with Crippen molar-refractivity contribution >= 4 is 0 Å². The number of hydrogen-bond acceptors (Lipinski definition) is 0. The maximum Gasteiger partial charge on any atom is -0.0212 e. The molecular formula is C13H24. The van der Waals surface area contributed by atoms with Crippen LogP contribution in [0.25, 0.3) is 0 Å². The summed E-state index contributed by atoms with van der Waals surface area (Å²) in [4.78, 5) is 0. The molecule has 0 amide bonds. The molecule has 0 N–H and O–H groups in total. The molecule has 2 rings (SSSR count). The summed E-state index contributed by atoms with van der Waals surface area (Å²) in [6.07, 6.45) is 2.92. The monoisotopic (exact) mass is 180 g/mol. The van der Waals surface area contributed by atoms with E-state index in [1.165, 1.54) is 12.8 Å². The molecule has 3 unspecified atom stereocenters. The Morgan fingerprint density at radius 3 is 1.77 bits per heavy atom. The molecule has 0 saturated heterocycles. The van der Waals surface area contributed by atoms with Gasteiger partial charge in [0, 0.05) is 0 Å². The molecule has 0 aliphatic heterocycles. The molecule has 2 aliphatic rings. The van der Waals surface area contributed by atoms with E-state index in [0.29, 0.717) is 16.2 Å². The van der Waals surface area contributed by atoms with Gasteiger partial charge in [-0.25, -0.2) is 0 Å². The highest BCUT2D eigenvalue weighted by Gasteiger charge is 2.74. The average molecular weight is 180 g/mol. The molecule has 2 saturated carbocycles. The summed E-state index contributed by atoms with van der Waals surface area (Å²) >= 11 is 0. The van der Waals surface area contributed by atoms with Gasteiger partial charge in [-0.15, -0.1) is 0 Å². The summed E-state index contributed by atoms with van der Waals surface area (Å²) < 4.78 is 0. The van der Waals surface area contributed by atoms with Crippen LogP contribution in [0.15, 0.2) is 0 Å². The normalized spacial score (nSPS) is 52.4. The van der Waals surface area contributed by atoms with E-state index < -0.39 is 0 Å². The largest absolute Gasteiger partial charge is 0.0625 e. The lowest BCUT2D eigenvalue weighted by atomic mass is 9.79. The van der Waals surface area contributed by atoms with Crippen LogP contribution in [0.4, 0.5) is 0 Å². The van der Waals surface area contributed by atoms with Crippen molar-refractivity contribution in [2.75, 3.05) is 0 Å². The van der Waals surface area contributed by atoms with Crippen LogP contribution in [0.3, 0.4) is 0 Å². The van der Waals surface area contributed by atoms with Gasteiger partial charge in [0.25, 0.3) is 0 Å². The van der Waals surface area contributed by atoms with Crippen LogP contribution in [-0.4, -0.2) is 0 Å². The predicted molar refractivity (Wildman–Crippen MR) is 57.6 cm³/mol. The molecule has 2 aliphatic carbocycles. The third-order valence-corrected chi connectivity index (χ3v) is 5.53. The van der Waals surface area contributed by atoms with Gasteiger partial charge in [-0.3, -0.25) is 0 Å². The summed E-state index contributed by atoms with van der Waals surface area (Å²) in [5, 5.41) is 0. The molecular weight excluding hydrogens is 156 g/mol. The first-order valence-corrected chi connectivity index (χ1v) is 5.75. The Bertz CT molecular complexity index is 238. The summed E-state index contributed by atoms with van der Waals surface area (Å²) in [7, 11) is 0. The average Bonchev–Trinajstić information content (AvgIpc) is 2.74. The molecule has 13 heavy (non-hydrogen) atoms. The lowest BCUT2D eigenvalue weighted by Crippen LogP contribution is -2.19. The fourth-order valence-corrected chi connectivity index (χ4v) is 3.82. The van der Waals surface area contributed by atoms with Crippen molar-refractivity contribution in [3.8, 4) is 0 Å². The van der Waals surface area contributed by atoms with E-state index in [-0.39, 0.29) is 0 Å². The van der Waals surface area contributed by atoms with Crippen molar-refractivity contribution in [2.45, 2.75) is 54.4 Å². The van der Waals surface area contributed by atoms with Gasteiger partial charge in [-0.1, -0.05) is 41.5 Å². The van der Waals surface area contributed by atoms with Crippen LogP contribution in [0.2, 0.25) is 0 Å². The smallest absolute Gasteiger partial charge is 0.0212 e. The van der Waals surface area contributed by atoms with E-state index >= 15 is 0 Å². The van der Waals surface area contributed by atoms with Crippen LogP contribution < -0.4 is 0 Å². The van der Waals surface area contributed by atoms with Gasteiger partial charge in [0.1, 0.15) is 0 Å². The topological polar surface area (TPSA) is 0 Å².